The third kappa shape index (κ3) is 9.86. The number of aromatic nitrogens is 3. The van der Waals surface area contributed by atoms with Crippen LogP contribution in [0.25, 0.3) is 0 Å². The van der Waals surface area contributed by atoms with Gasteiger partial charge in [0, 0.05) is 43.7 Å². The van der Waals surface area contributed by atoms with E-state index in [4.69, 9.17) is 24.5 Å². The molecule has 0 saturated carbocycles. The Morgan fingerprint density at radius 3 is 2.10 bits per heavy atom. The van der Waals surface area contributed by atoms with Gasteiger partial charge < -0.3 is 24.7 Å². The number of carboxylic acid groups (broad SMARTS) is 2. The fraction of sp³-hybridized carbons (Fsp3) is 0.522. The minimum absolute atomic E-state index is 0.177. The number of nitrogens with zero attached hydrogens (tertiary/aromatic N) is 5. The van der Waals surface area contributed by atoms with Gasteiger partial charge in [0.2, 0.25) is 5.95 Å². The molecule has 0 unspecified atom stereocenters. The first-order chi connectivity index (χ1) is 18.5. The molecule has 222 valence electrons. The van der Waals surface area contributed by atoms with E-state index in [9.17, 15) is 30.7 Å². The molecule has 0 amide bonds. The largest absolute Gasteiger partial charge is 0.490 e. The van der Waals surface area contributed by atoms with Gasteiger partial charge in [-0.05, 0) is 25.6 Å². The first-order valence-corrected chi connectivity index (χ1v) is 11.5. The highest BCUT2D eigenvalue weighted by Crippen LogP contribution is 2.44. The van der Waals surface area contributed by atoms with Crippen LogP contribution in [0.4, 0.5) is 36.7 Å². The maximum absolute atomic E-state index is 13.1. The molecule has 17 heteroatoms. The smallest absolute Gasteiger partial charge is 0.475 e. The molecule has 2 N–H and O–H groups in total. The lowest BCUT2D eigenvalue weighted by Crippen LogP contribution is -2.36. The normalized spacial score (nSPS) is 20.9. The molecule has 0 aromatic carbocycles. The number of anilines is 1. The molecule has 2 saturated heterocycles. The topological polar surface area (TPSA) is 129 Å². The van der Waals surface area contributed by atoms with Gasteiger partial charge in [-0.15, -0.1) is 0 Å². The Labute approximate surface area is 223 Å². The fourth-order valence-electron chi connectivity index (χ4n) is 4.32. The number of hydrogen-bond acceptors (Lipinski definition) is 8. The quantitative estimate of drug-likeness (QED) is 0.505. The van der Waals surface area contributed by atoms with Crippen LogP contribution in [0.3, 0.4) is 0 Å². The molecule has 1 spiro atoms. The molecular weight excluding hydrogens is 559 g/mol. The Bertz CT molecular complexity index is 1080. The summed E-state index contributed by atoms with van der Waals surface area (Å²) < 4.78 is 82.6. The van der Waals surface area contributed by atoms with Gasteiger partial charge in [-0.2, -0.15) is 26.3 Å². The first-order valence-electron chi connectivity index (χ1n) is 11.5. The lowest BCUT2D eigenvalue weighted by atomic mass is 9.77. The fourth-order valence-corrected chi connectivity index (χ4v) is 4.32. The van der Waals surface area contributed by atoms with Crippen LogP contribution in [0.5, 0.6) is 0 Å². The van der Waals surface area contributed by atoms with E-state index in [1.165, 1.54) is 12.4 Å². The number of pyridine rings is 1. The van der Waals surface area contributed by atoms with Crippen LogP contribution < -0.4 is 4.90 Å². The molecule has 2 aliphatic heterocycles. The molecule has 2 fully saturated rings. The molecule has 0 aliphatic carbocycles. The van der Waals surface area contributed by atoms with Crippen molar-refractivity contribution in [2.75, 3.05) is 44.7 Å². The Morgan fingerprint density at radius 2 is 1.60 bits per heavy atom. The Hall–Kier alpha value is -3.60. The third-order valence-corrected chi connectivity index (χ3v) is 6.04. The number of carbonyl (C=O) groups is 2. The summed E-state index contributed by atoms with van der Waals surface area (Å²) in [5, 5.41) is 14.2. The number of hydrogen-bond donors (Lipinski definition) is 2. The van der Waals surface area contributed by atoms with E-state index in [0.717, 1.165) is 44.9 Å². The zero-order valence-corrected chi connectivity index (χ0v) is 21.0. The molecule has 2 aromatic rings. The highest BCUT2D eigenvalue weighted by Gasteiger charge is 2.50. The van der Waals surface area contributed by atoms with Gasteiger partial charge >= 0.3 is 24.3 Å². The summed E-state index contributed by atoms with van der Waals surface area (Å²) in [6.45, 7) is 5.13. The van der Waals surface area contributed by atoms with Crippen molar-refractivity contribution in [1.82, 2.24) is 19.9 Å². The summed E-state index contributed by atoms with van der Waals surface area (Å²) in [7, 11) is 2.16. The van der Waals surface area contributed by atoms with Crippen molar-refractivity contribution in [3.05, 3.63) is 48.3 Å². The van der Waals surface area contributed by atoms with E-state index in [2.05, 4.69) is 31.8 Å². The van der Waals surface area contributed by atoms with Gasteiger partial charge in [-0.1, -0.05) is 6.07 Å². The summed E-state index contributed by atoms with van der Waals surface area (Å²) in [6, 6.07) is 5.88. The summed E-state index contributed by atoms with van der Waals surface area (Å²) in [5.74, 6) is -4.84. The number of ether oxygens (including phenoxy) is 1. The highest BCUT2D eigenvalue weighted by molar-refractivity contribution is 5.73. The molecule has 2 aliphatic rings. The van der Waals surface area contributed by atoms with Crippen molar-refractivity contribution in [3.8, 4) is 0 Å². The maximum Gasteiger partial charge on any atom is 0.490 e. The van der Waals surface area contributed by atoms with Crippen LogP contribution in [0, 0.1) is 17.2 Å². The second-order valence-electron chi connectivity index (χ2n) is 9.07. The minimum Gasteiger partial charge on any atom is -0.475 e. The highest BCUT2D eigenvalue weighted by atomic mass is 19.4. The molecule has 4 heterocycles. The summed E-state index contributed by atoms with van der Waals surface area (Å²) >= 11 is 0. The maximum atomic E-state index is 13.1. The molecule has 40 heavy (non-hydrogen) atoms. The van der Waals surface area contributed by atoms with Crippen molar-refractivity contribution in [1.29, 1.82) is 0 Å². The van der Waals surface area contributed by atoms with E-state index in [1.807, 2.05) is 18.2 Å². The number of alkyl halides is 6. The van der Waals surface area contributed by atoms with Gasteiger partial charge in [0.1, 0.15) is 0 Å². The van der Waals surface area contributed by atoms with Crippen molar-refractivity contribution in [3.63, 3.8) is 0 Å². The predicted octanol–water partition coefficient (Wildman–Crippen LogP) is 3.25. The average Bonchev–Trinajstić information content (AvgIpc) is 3.42. The molecule has 2 atom stereocenters. The zero-order chi connectivity index (χ0) is 30.1. The second kappa shape index (κ2) is 13.6. The summed E-state index contributed by atoms with van der Waals surface area (Å²) in [6.07, 6.45) is -4.82. The van der Waals surface area contributed by atoms with Crippen molar-refractivity contribution < 1.29 is 55.3 Å². The standard InChI is InChI=1S/C19H24FN5O.2C2HF3O2/c1-24-10-15(11-26-12-17-4-2-3-6-21-17)19(13-24)5-7-25(14-19)18-22-8-16(20)9-23-18;2*3-2(4,5)1(6)7/h2-4,6,8-9,15H,5,7,10-14H2,1H3;2*(H,6,7)/t15-,19+;;/m0../s1. The number of rotatable bonds is 5. The second-order valence-corrected chi connectivity index (χ2v) is 9.07. The monoisotopic (exact) mass is 585 g/mol. The number of halogens is 7. The zero-order valence-electron chi connectivity index (χ0n) is 21.0. The molecule has 10 nitrogen and oxygen atoms in total. The SMILES string of the molecule is CN1C[C@@H](COCc2ccccn2)[C@]2(CCN(c3ncc(F)cn3)C2)C1.O=C(O)C(F)(F)F.O=C(O)C(F)(F)F. The molecular formula is C23H26F7N5O5. The molecule has 4 rings (SSSR count). The van der Waals surface area contributed by atoms with Gasteiger partial charge in [0.15, 0.2) is 5.82 Å². The Balaban J connectivity index is 0.000000333. The predicted molar refractivity (Wildman–Crippen MR) is 124 cm³/mol. The third-order valence-electron chi connectivity index (χ3n) is 6.04. The minimum atomic E-state index is -5.08. The van der Waals surface area contributed by atoms with Gasteiger partial charge in [-0.25, -0.2) is 23.9 Å². The average molecular weight is 585 g/mol. The molecule has 0 bridgehead atoms. The summed E-state index contributed by atoms with van der Waals surface area (Å²) in [5.41, 5.74) is 1.14. The van der Waals surface area contributed by atoms with Crippen LogP contribution in [0.15, 0.2) is 36.8 Å². The molecule has 2 aromatic heterocycles. The van der Waals surface area contributed by atoms with E-state index in [0.29, 0.717) is 18.5 Å². The summed E-state index contributed by atoms with van der Waals surface area (Å²) in [4.78, 5) is 35.0. The number of aliphatic carboxylic acids is 2. The van der Waals surface area contributed by atoms with Crippen LogP contribution in [-0.2, 0) is 20.9 Å². The van der Waals surface area contributed by atoms with Crippen molar-refractivity contribution >= 4 is 17.9 Å². The van der Waals surface area contributed by atoms with Crippen LogP contribution in [-0.4, -0.2) is 94.2 Å². The Morgan fingerprint density at radius 1 is 1.02 bits per heavy atom. The van der Waals surface area contributed by atoms with Gasteiger partial charge in [-0.3, -0.25) is 4.98 Å². The van der Waals surface area contributed by atoms with Crippen molar-refractivity contribution in [2.24, 2.45) is 11.3 Å². The molecule has 0 radical (unpaired) electrons. The lowest BCUT2D eigenvalue weighted by molar-refractivity contribution is -0.193. The Kier molecular flexibility index (Phi) is 11.1. The number of carboxylic acids is 2. The van der Waals surface area contributed by atoms with E-state index in [1.54, 1.807) is 6.20 Å². The van der Waals surface area contributed by atoms with Gasteiger partial charge in [0.05, 0.1) is 31.3 Å². The lowest BCUT2D eigenvalue weighted by Gasteiger charge is -2.30. The van der Waals surface area contributed by atoms with E-state index >= 15 is 0 Å². The first kappa shape index (κ1) is 32.6. The van der Waals surface area contributed by atoms with Crippen LogP contribution in [0.1, 0.15) is 12.1 Å². The number of likely N-dealkylation sites (tertiary alicyclic amines) is 1. The van der Waals surface area contributed by atoms with E-state index < -0.39 is 30.1 Å². The van der Waals surface area contributed by atoms with Crippen LogP contribution in [0.2, 0.25) is 0 Å². The van der Waals surface area contributed by atoms with E-state index in [-0.39, 0.29) is 5.41 Å². The van der Waals surface area contributed by atoms with Gasteiger partial charge in [0.25, 0.3) is 0 Å². The van der Waals surface area contributed by atoms with Crippen molar-refractivity contribution in [2.45, 2.75) is 25.4 Å². The van der Waals surface area contributed by atoms with Crippen LogP contribution >= 0.6 is 0 Å².